The molecule has 1 heteroatoms. The molecule has 0 spiro atoms. The molecular weight excluding hydrogens is 194 g/mol. The van der Waals surface area contributed by atoms with Crippen molar-refractivity contribution in [3.8, 4) is 11.8 Å². The molecule has 0 bridgehead atoms. The summed E-state index contributed by atoms with van der Waals surface area (Å²) in [5.74, 6) is 6.06. The highest BCUT2D eigenvalue weighted by Gasteiger charge is 2.04. The number of aryl methyl sites for hydroxylation is 2. The van der Waals surface area contributed by atoms with Gasteiger partial charge in [-0.15, -0.1) is 11.8 Å². The summed E-state index contributed by atoms with van der Waals surface area (Å²) in [6.45, 7) is 5.09. The highest BCUT2D eigenvalue weighted by atomic mass is 14.9. The average molecular weight is 211 g/mol. The summed E-state index contributed by atoms with van der Waals surface area (Å²) < 4.78 is 2.32. The molecule has 0 aliphatic carbocycles. The zero-order valence-corrected chi connectivity index (χ0v) is 9.96. The summed E-state index contributed by atoms with van der Waals surface area (Å²) in [5.41, 5.74) is 2.80. The third-order valence-electron chi connectivity index (χ3n) is 2.91. The van der Waals surface area contributed by atoms with Gasteiger partial charge in [0, 0.05) is 19.2 Å². The van der Waals surface area contributed by atoms with Crippen molar-refractivity contribution in [2.24, 2.45) is 0 Å². The fourth-order valence-electron chi connectivity index (χ4n) is 2.11. The van der Waals surface area contributed by atoms with E-state index in [-0.39, 0.29) is 0 Å². The van der Waals surface area contributed by atoms with Crippen molar-refractivity contribution in [3.05, 3.63) is 36.0 Å². The topological polar surface area (TPSA) is 4.93 Å². The Morgan fingerprint density at radius 1 is 1.25 bits per heavy atom. The zero-order chi connectivity index (χ0) is 11.4. The molecular formula is C15H17N. The van der Waals surface area contributed by atoms with Crippen LogP contribution in [-0.2, 0) is 13.0 Å². The monoisotopic (exact) mass is 211 g/mol. The first kappa shape index (κ1) is 10.8. The summed E-state index contributed by atoms with van der Waals surface area (Å²) in [6.07, 6.45) is 4.18. The van der Waals surface area contributed by atoms with Crippen LogP contribution >= 0.6 is 0 Å². The van der Waals surface area contributed by atoms with Crippen LogP contribution in [0.1, 0.15) is 25.8 Å². The summed E-state index contributed by atoms with van der Waals surface area (Å²) >= 11 is 0. The minimum Gasteiger partial charge on any atom is -0.346 e. The molecule has 0 fully saturated rings. The van der Waals surface area contributed by atoms with Crippen molar-refractivity contribution in [1.29, 1.82) is 0 Å². The van der Waals surface area contributed by atoms with Crippen LogP contribution in [-0.4, -0.2) is 4.57 Å². The van der Waals surface area contributed by atoms with Gasteiger partial charge in [-0.25, -0.2) is 0 Å². The van der Waals surface area contributed by atoms with Crippen LogP contribution < -0.4 is 0 Å². The van der Waals surface area contributed by atoms with Gasteiger partial charge in [-0.3, -0.25) is 0 Å². The molecule has 1 aromatic heterocycles. The Balaban J connectivity index is 2.40. The molecule has 0 N–H and O–H groups in total. The van der Waals surface area contributed by atoms with Crippen molar-refractivity contribution in [3.63, 3.8) is 0 Å². The van der Waals surface area contributed by atoms with Gasteiger partial charge in [0.25, 0.3) is 0 Å². The summed E-state index contributed by atoms with van der Waals surface area (Å²) in [7, 11) is 0. The number of hydrogen-bond donors (Lipinski definition) is 0. The van der Waals surface area contributed by atoms with E-state index in [1.54, 1.807) is 0 Å². The van der Waals surface area contributed by atoms with Gasteiger partial charge in [-0.1, -0.05) is 25.1 Å². The van der Waals surface area contributed by atoms with E-state index in [0.29, 0.717) is 0 Å². The Hall–Kier alpha value is -1.68. The Labute approximate surface area is 97.1 Å². The fourth-order valence-corrected chi connectivity index (χ4v) is 2.11. The molecule has 0 saturated carbocycles. The summed E-state index contributed by atoms with van der Waals surface area (Å²) in [5, 5.41) is 1.34. The van der Waals surface area contributed by atoms with Crippen LogP contribution in [0.15, 0.2) is 30.5 Å². The van der Waals surface area contributed by atoms with E-state index in [4.69, 9.17) is 0 Å². The van der Waals surface area contributed by atoms with Gasteiger partial charge >= 0.3 is 0 Å². The van der Waals surface area contributed by atoms with Gasteiger partial charge in [0.2, 0.25) is 0 Å². The maximum absolute atomic E-state index is 3.12. The molecule has 0 unspecified atom stereocenters. The third kappa shape index (κ3) is 1.97. The van der Waals surface area contributed by atoms with Crippen LogP contribution in [0.3, 0.4) is 0 Å². The molecule has 0 amide bonds. The molecule has 1 nitrogen and oxygen atoms in total. The maximum atomic E-state index is 3.12. The number of aromatic nitrogens is 1. The van der Waals surface area contributed by atoms with E-state index < -0.39 is 0 Å². The normalized spacial score (nSPS) is 10.1. The van der Waals surface area contributed by atoms with Crippen LogP contribution in [0.25, 0.3) is 10.9 Å². The molecule has 2 rings (SSSR count). The first-order valence-corrected chi connectivity index (χ1v) is 5.83. The van der Waals surface area contributed by atoms with E-state index in [1.165, 1.54) is 16.5 Å². The molecule has 0 atom stereocenters. The number of benzene rings is 1. The zero-order valence-electron chi connectivity index (χ0n) is 9.96. The first-order chi connectivity index (χ1) is 7.86. The summed E-state index contributed by atoms with van der Waals surface area (Å²) in [6, 6.07) is 8.71. The fraction of sp³-hybridized carbons (Fsp3) is 0.333. The Morgan fingerprint density at radius 3 is 2.88 bits per heavy atom. The summed E-state index contributed by atoms with van der Waals surface area (Å²) in [4.78, 5) is 0. The van der Waals surface area contributed by atoms with Crippen LogP contribution in [0.2, 0.25) is 0 Å². The van der Waals surface area contributed by atoms with Gasteiger partial charge in [-0.2, -0.15) is 0 Å². The quantitative estimate of drug-likeness (QED) is 0.683. The van der Waals surface area contributed by atoms with Crippen molar-refractivity contribution < 1.29 is 0 Å². The molecule has 2 aromatic rings. The first-order valence-electron chi connectivity index (χ1n) is 5.83. The standard InChI is InChI=1S/C15H17N/c1-3-5-6-11-16-12-10-14-9-7-8-13(4-2)15(14)16/h7-10,12H,4,6,11H2,1-2H3. The minimum atomic E-state index is 0.929. The lowest BCUT2D eigenvalue weighted by Gasteiger charge is -2.06. The Morgan fingerprint density at radius 2 is 2.12 bits per heavy atom. The molecule has 0 saturated heterocycles. The van der Waals surface area contributed by atoms with Gasteiger partial charge < -0.3 is 4.57 Å². The molecule has 0 aliphatic rings. The van der Waals surface area contributed by atoms with Crippen molar-refractivity contribution in [2.75, 3.05) is 0 Å². The number of fused-ring (bicyclic) bond motifs is 1. The van der Waals surface area contributed by atoms with E-state index in [9.17, 15) is 0 Å². The number of hydrogen-bond acceptors (Lipinski definition) is 0. The Kier molecular flexibility index (Phi) is 3.31. The van der Waals surface area contributed by atoms with E-state index in [0.717, 1.165) is 19.4 Å². The van der Waals surface area contributed by atoms with E-state index >= 15 is 0 Å². The highest BCUT2D eigenvalue weighted by Crippen LogP contribution is 2.21. The second-order valence-corrected chi connectivity index (χ2v) is 3.89. The lowest BCUT2D eigenvalue weighted by molar-refractivity contribution is 0.745. The smallest absolute Gasteiger partial charge is 0.0512 e. The SMILES string of the molecule is CC#CCCn1ccc2cccc(CC)c21. The second kappa shape index (κ2) is 4.90. The van der Waals surface area contributed by atoms with E-state index in [1.807, 2.05) is 6.92 Å². The second-order valence-electron chi connectivity index (χ2n) is 3.89. The molecule has 0 aliphatic heterocycles. The molecule has 1 heterocycles. The molecule has 16 heavy (non-hydrogen) atoms. The largest absolute Gasteiger partial charge is 0.346 e. The third-order valence-corrected chi connectivity index (χ3v) is 2.91. The minimum absolute atomic E-state index is 0.929. The van der Waals surface area contributed by atoms with Gasteiger partial charge in [0.15, 0.2) is 0 Å². The molecule has 82 valence electrons. The van der Waals surface area contributed by atoms with Gasteiger partial charge in [0.05, 0.1) is 5.52 Å². The van der Waals surface area contributed by atoms with Crippen molar-refractivity contribution in [2.45, 2.75) is 33.2 Å². The van der Waals surface area contributed by atoms with Crippen LogP contribution in [0, 0.1) is 11.8 Å². The predicted molar refractivity (Wildman–Crippen MR) is 69.4 cm³/mol. The maximum Gasteiger partial charge on any atom is 0.0512 e. The predicted octanol–water partition coefficient (Wildman–Crippen LogP) is 3.62. The lowest BCUT2D eigenvalue weighted by atomic mass is 10.1. The van der Waals surface area contributed by atoms with Crippen molar-refractivity contribution >= 4 is 10.9 Å². The van der Waals surface area contributed by atoms with Crippen LogP contribution in [0.5, 0.6) is 0 Å². The lowest BCUT2D eigenvalue weighted by Crippen LogP contribution is -1.97. The van der Waals surface area contributed by atoms with Crippen LogP contribution in [0.4, 0.5) is 0 Å². The average Bonchev–Trinajstić information content (AvgIpc) is 2.73. The van der Waals surface area contributed by atoms with E-state index in [2.05, 4.69) is 53.8 Å². The number of para-hydroxylation sites is 1. The van der Waals surface area contributed by atoms with Crippen molar-refractivity contribution in [1.82, 2.24) is 4.57 Å². The Bertz CT molecular complexity index is 537. The van der Waals surface area contributed by atoms with Gasteiger partial charge in [0.1, 0.15) is 0 Å². The molecule has 0 radical (unpaired) electrons. The highest BCUT2D eigenvalue weighted by molar-refractivity contribution is 5.83. The van der Waals surface area contributed by atoms with Gasteiger partial charge in [-0.05, 0) is 30.4 Å². The number of nitrogens with zero attached hydrogens (tertiary/aromatic N) is 1. The molecule has 1 aromatic carbocycles. The number of rotatable bonds is 3.